The Hall–Kier alpha value is -0.680. The molecule has 112 valence electrons. The van der Waals surface area contributed by atoms with Gasteiger partial charge in [-0.05, 0) is 46.1 Å². The minimum Gasteiger partial charge on any atom is -0.379 e. The highest BCUT2D eigenvalue weighted by Crippen LogP contribution is 2.14. The number of carbonyl (C=O) groups is 1. The molecular weight excluding hydrogens is 247 g/mol. The Morgan fingerprint density at radius 2 is 2.21 bits per heavy atom. The molecule has 1 aliphatic rings. The molecule has 0 saturated carbocycles. The first-order valence-electron chi connectivity index (χ1n) is 7.31. The lowest BCUT2D eigenvalue weighted by atomic mass is 10.0. The maximum atomic E-state index is 13.7. The molecule has 0 aliphatic carbocycles. The Morgan fingerprint density at radius 3 is 2.84 bits per heavy atom. The topological polar surface area (TPSA) is 41.6 Å². The second-order valence-electron chi connectivity index (χ2n) is 5.48. The number of ether oxygens (including phenoxy) is 1. The molecule has 1 N–H and O–H groups in total. The van der Waals surface area contributed by atoms with Gasteiger partial charge in [-0.1, -0.05) is 0 Å². The van der Waals surface area contributed by atoms with Crippen molar-refractivity contribution in [2.24, 2.45) is 0 Å². The lowest BCUT2D eigenvalue weighted by Gasteiger charge is -2.34. The van der Waals surface area contributed by atoms with Gasteiger partial charge in [0.15, 0.2) is 0 Å². The molecule has 1 amide bonds. The van der Waals surface area contributed by atoms with Crippen molar-refractivity contribution in [2.45, 2.75) is 57.8 Å². The quantitative estimate of drug-likeness (QED) is 0.514. The second-order valence-corrected chi connectivity index (χ2v) is 5.48. The number of likely N-dealkylation sites (tertiary alicyclic amines) is 1. The number of hydrogen-bond donors (Lipinski definition) is 1. The number of unbranched alkanes of at least 4 members (excludes halogenated alkanes) is 2. The van der Waals surface area contributed by atoms with E-state index in [0.29, 0.717) is 25.5 Å². The molecule has 1 aliphatic heterocycles. The van der Waals surface area contributed by atoms with Crippen molar-refractivity contribution in [1.29, 1.82) is 0 Å². The molecule has 5 heteroatoms. The van der Waals surface area contributed by atoms with Gasteiger partial charge in [0.1, 0.15) is 6.17 Å². The zero-order chi connectivity index (χ0) is 14.1. The predicted octanol–water partition coefficient (Wildman–Crippen LogP) is 1.74. The summed E-state index contributed by atoms with van der Waals surface area (Å²) < 4.78 is 19.2. The van der Waals surface area contributed by atoms with Crippen LogP contribution in [0.25, 0.3) is 0 Å². The predicted molar refractivity (Wildman–Crippen MR) is 73.9 cm³/mol. The molecule has 19 heavy (non-hydrogen) atoms. The van der Waals surface area contributed by atoms with Crippen molar-refractivity contribution >= 4 is 6.41 Å². The van der Waals surface area contributed by atoms with Crippen LogP contribution >= 0.6 is 0 Å². The van der Waals surface area contributed by atoms with Crippen molar-refractivity contribution in [3.63, 3.8) is 0 Å². The van der Waals surface area contributed by atoms with Gasteiger partial charge < -0.3 is 15.0 Å². The lowest BCUT2D eigenvalue weighted by Crippen LogP contribution is -2.50. The first-order valence-corrected chi connectivity index (χ1v) is 7.31. The van der Waals surface area contributed by atoms with Gasteiger partial charge in [-0.3, -0.25) is 4.79 Å². The van der Waals surface area contributed by atoms with Gasteiger partial charge in [0.25, 0.3) is 0 Å². The fraction of sp³-hybridized carbons (Fsp3) is 0.929. The van der Waals surface area contributed by atoms with Crippen LogP contribution in [0.2, 0.25) is 0 Å². The highest BCUT2D eigenvalue weighted by atomic mass is 19.1. The number of halogens is 1. The number of hydrogen-bond acceptors (Lipinski definition) is 3. The van der Waals surface area contributed by atoms with Gasteiger partial charge in [-0.25, -0.2) is 4.39 Å². The minimum atomic E-state index is -0.941. The van der Waals surface area contributed by atoms with Gasteiger partial charge in [0, 0.05) is 19.7 Å². The SMILES string of the molecule is CC(C)OCCCCCN1CCC(NC=O)C(F)C1. The van der Waals surface area contributed by atoms with E-state index in [1.807, 2.05) is 13.8 Å². The lowest BCUT2D eigenvalue weighted by molar-refractivity contribution is -0.111. The third-order valence-corrected chi connectivity index (χ3v) is 3.48. The molecule has 1 rings (SSSR count). The van der Waals surface area contributed by atoms with Crippen LogP contribution in [0.3, 0.4) is 0 Å². The summed E-state index contributed by atoms with van der Waals surface area (Å²) in [6.07, 6.45) is 3.94. The van der Waals surface area contributed by atoms with Crippen LogP contribution in [0.1, 0.15) is 39.5 Å². The number of nitrogens with zero attached hydrogens (tertiary/aromatic N) is 1. The average molecular weight is 274 g/mol. The molecule has 2 atom stereocenters. The van der Waals surface area contributed by atoms with E-state index in [2.05, 4.69) is 10.2 Å². The van der Waals surface area contributed by atoms with Crippen molar-refractivity contribution in [3.8, 4) is 0 Å². The first kappa shape index (κ1) is 16.4. The maximum Gasteiger partial charge on any atom is 0.207 e. The van der Waals surface area contributed by atoms with Crippen LogP contribution in [0.4, 0.5) is 4.39 Å². The zero-order valence-corrected chi connectivity index (χ0v) is 12.1. The Bertz CT molecular complexity index is 252. The van der Waals surface area contributed by atoms with Gasteiger partial charge >= 0.3 is 0 Å². The van der Waals surface area contributed by atoms with E-state index in [-0.39, 0.29) is 6.04 Å². The minimum absolute atomic E-state index is 0.298. The molecule has 2 unspecified atom stereocenters. The van der Waals surface area contributed by atoms with Crippen molar-refractivity contribution < 1.29 is 13.9 Å². The molecule has 0 radical (unpaired) electrons. The Morgan fingerprint density at radius 1 is 1.42 bits per heavy atom. The number of amides is 1. The van der Waals surface area contributed by atoms with Crippen LogP contribution in [0.5, 0.6) is 0 Å². The number of rotatable bonds is 9. The molecule has 0 aromatic rings. The van der Waals surface area contributed by atoms with Crippen molar-refractivity contribution in [3.05, 3.63) is 0 Å². The smallest absolute Gasteiger partial charge is 0.207 e. The summed E-state index contributed by atoms with van der Waals surface area (Å²) >= 11 is 0. The molecule has 1 fully saturated rings. The second kappa shape index (κ2) is 9.26. The molecule has 4 nitrogen and oxygen atoms in total. The van der Waals surface area contributed by atoms with Crippen molar-refractivity contribution in [2.75, 3.05) is 26.2 Å². The van der Waals surface area contributed by atoms with Crippen LogP contribution in [-0.4, -0.2) is 55.9 Å². The fourth-order valence-electron chi connectivity index (χ4n) is 2.38. The van der Waals surface area contributed by atoms with Crippen LogP contribution < -0.4 is 5.32 Å². The standard InChI is InChI=1S/C14H27FN2O2/c1-12(2)19-9-5-3-4-7-17-8-6-14(16-11-18)13(15)10-17/h11-14H,3-10H2,1-2H3,(H,16,18). The molecule has 0 aromatic carbocycles. The third-order valence-electron chi connectivity index (χ3n) is 3.48. The summed E-state index contributed by atoms with van der Waals surface area (Å²) in [6.45, 7) is 7.14. The summed E-state index contributed by atoms with van der Waals surface area (Å²) in [5.74, 6) is 0. The van der Waals surface area contributed by atoms with Crippen molar-refractivity contribution in [1.82, 2.24) is 10.2 Å². The van der Waals surface area contributed by atoms with E-state index in [0.717, 1.165) is 39.0 Å². The molecule has 1 saturated heterocycles. The fourth-order valence-corrected chi connectivity index (χ4v) is 2.38. The van der Waals surface area contributed by atoms with E-state index in [1.54, 1.807) is 0 Å². The molecule has 0 aromatic heterocycles. The molecule has 1 heterocycles. The molecule has 0 spiro atoms. The highest BCUT2D eigenvalue weighted by molar-refractivity contribution is 5.46. The van der Waals surface area contributed by atoms with Gasteiger partial charge in [0.05, 0.1) is 12.1 Å². The largest absolute Gasteiger partial charge is 0.379 e. The van der Waals surface area contributed by atoms with Gasteiger partial charge in [-0.15, -0.1) is 0 Å². The average Bonchev–Trinajstić information content (AvgIpc) is 2.36. The number of piperidine rings is 1. The Kier molecular flexibility index (Phi) is 7.98. The first-order chi connectivity index (χ1) is 9.13. The molecular formula is C14H27FN2O2. The Balaban J connectivity index is 2.03. The van der Waals surface area contributed by atoms with Crippen LogP contribution in [0.15, 0.2) is 0 Å². The highest BCUT2D eigenvalue weighted by Gasteiger charge is 2.28. The van der Waals surface area contributed by atoms with Gasteiger partial charge in [-0.2, -0.15) is 0 Å². The van der Waals surface area contributed by atoms with Crippen LogP contribution in [-0.2, 0) is 9.53 Å². The van der Waals surface area contributed by atoms with E-state index in [9.17, 15) is 9.18 Å². The summed E-state index contributed by atoms with van der Waals surface area (Å²) in [5, 5.41) is 2.55. The normalized spacial score (nSPS) is 24.6. The van der Waals surface area contributed by atoms with E-state index >= 15 is 0 Å². The monoisotopic (exact) mass is 274 g/mol. The summed E-state index contributed by atoms with van der Waals surface area (Å²) in [5.41, 5.74) is 0. The summed E-state index contributed by atoms with van der Waals surface area (Å²) in [7, 11) is 0. The summed E-state index contributed by atoms with van der Waals surface area (Å²) in [6, 6.07) is -0.298. The third kappa shape index (κ3) is 6.87. The Labute approximate surface area is 115 Å². The number of carbonyl (C=O) groups excluding carboxylic acids is 1. The zero-order valence-electron chi connectivity index (χ0n) is 12.1. The number of nitrogens with one attached hydrogen (secondary N) is 1. The number of alkyl halides is 1. The van der Waals surface area contributed by atoms with Crippen LogP contribution in [0, 0.1) is 0 Å². The maximum absolute atomic E-state index is 13.7. The van der Waals surface area contributed by atoms with Gasteiger partial charge in [0.2, 0.25) is 6.41 Å². The molecule has 0 bridgehead atoms. The van der Waals surface area contributed by atoms with E-state index in [4.69, 9.17) is 4.74 Å². The van der Waals surface area contributed by atoms with E-state index < -0.39 is 6.17 Å². The summed E-state index contributed by atoms with van der Waals surface area (Å²) in [4.78, 5) is 12.5. The van der Waals surface area contributed by atoms with E-state index in [1.165, 1.54) is 0 Å².